The van der Waals surface area contributed by atoms with Gasteiger partial charge < -0.3 is 4.74 Å². The lowest BCUT2D eigenvalue weighted by atomic mass is 10.2. The molecule has 0 aliphatic rings. The van der Waals surface area contributed by atoms with Gasteiger partial charge in [-0.15, -0.1) is 0 Å². The number of carbonyl (C=O) groups is 1. The molecule has 0 aliphatic carbocycles. The van der Waals surface area contributed by atoms with Crippen molar-refractivity contribution < 1.29 is 9.53 Å². The van der Waals surface area contributed by atoms with Gasteiger partial charge in [-0.3, -0.25) is 4.79 Å². The Hall–Kier alpha value is -1.05. The Morgan fingerprint density at radius 1 is 1.36 bits per heavy atom. The van der Waals surface area contributed by atoms with Gasteiger partial charge in [-0.05, 0) is 12.8 Å². The minimum absolute atomic E-state index is 0.184. The maximum Gasteiger partial charge on any atom is 0.309 e. The second kappa shape index (κ2) is 10.0. The number of rotatable bonds is 8. The highest BCUT2D eigenvalue weighted by molar-refractivity contribution is 5.71. The molecule has 0 amide bonds. The van der Waals surface area contributed by atoms with Crippen LogP contribution >= 0.6 is 0 Å². The standard InChI is InChI=1S/C12H20O2/c1-3-5-6-7-8-9-10-12(13)14-11-4-2/h4,8-9H,2-3,5-7,10-11H2,1H3/b9-8+. The van der Waals surface area contributed by atoms with Gasteiger partial charge >= 0.3 is 5.97 Å². The molecule has 0 unspecified atom stereocenters. The van der Waals surface area contributed by atoms with Gasteiger partial charge in [0.1, 0.15) is 6.61 Å². The number of hydrogen-bond acceptors (Lipinski definition) is 2. The molecule has 2 heteroatoms. The largest absolute Gasteiger partial charge is 0.461 e. The molecular weight excluding hydrogens is 176 g/mol. The Labute approximate surface area is 86.6 Å². The van der Waals surface area contributed by atoms with Crippen molar-refractivity contribution in [1.82, 2.24) is 0 Å². The SMILES string of the molecule is C=CCOC(=O)C/C=C/CCCCC. The lowest BCUT2D eigenvalue weighted by molar-refractivity contribution is -0.141. The fourth-order valence-electron chi connectivity index (χ4n) is 1.02. The van der Waals surface area contributed by atoms with E-state index in [0.29, 0.717) is 13.0 Å². The molecule has 0 rings (SSSR count). The third-order valence-electron chi connectivity index (χ3n) is 1.79. The zero-order valence-corrected chi connectivity index (χ0v) is 9.00. The molecule has 0 atom stereocenters. The number of ether oxygens (including phenoxy) is 1. The molecule has 14 heavy (non-hydrogen) atoms. The molecule has 0 spiro atoms. The summed E-state index contributed by atoms with van der Waals surface area (Å²) in [4.78, 5) is 11.0. The zero-order chi connectivity index (χ0) is 10.6. The van der Waals surface area contributed by atoms with Gasteiger partial charge in [-0.2, -0.15) is 0 Å². The Morgan fingerprint density at radius 2 is 2.14 bits per heavy atom. The first-order valence-corrected chi connectivity index (χ1v) is 5.22. The highest BCUT2D eigenvalue weighted by Crippen LogP contribution is 2.00. The molecule has 2 nitrogen and oxygen atoms in total. The third-order valence-corrected chi connectivity index (χ3v) is 1.79. The number of esters is 1. The summed E-state index contributed by atoms with van der Waals surface area (Å²) in [6.07, 6.45) is 10.6. The molecule has 0 saturated heterocycles. The van der Waals surface area contributed by atoms with Gasteiger partial charge in [-0.25, -0.2) is 0 Å². The smallest absolute Gasteiger partial charge is 0.309 e. The van der Waals surface area contributed by atoms with E-state index >= 15 is 0 Å². The molecule has 0 aromatic carbocycles. The first-order valence-electron chi connectivity index (χ1n) is 5.22. The van der Waals surface area contributed by atoms with Crippen LogP contribution in [0.5, 0.6) is 0 Å². The van der Waals surface area contributed by atoms with Gasteiger partial charge in [0.05, 0.1) is 6.42 Å². The van der Waals surface area contributed by atoms with Crippen LogP contribution < -0.4 is 0 Å². The quantitative estimate of drug-likeness (QED) is 0.338. The number of allylic oxidation sites excluding steroid dienone is 1. The molecule has 80 valence electrons. The summed E-state index contributed by atoms with van der Waals surface area (Å²) >= 11 is 0. The van der Waals surface area contributed by atoms with E-state index in [1.807, 2.05) is 12.2 Å². The lowest BCUT2D eigenvalue weighted by Crippen LogP contribution is -2.01. The highest BCUT2D eigenvalue weighted by atomic mass is 16.5. The van der Waals surface area contributed by atoms with Crippen LogP contribution in [0.15, 0.2) is 24.8 Å². The van der Waals surface area contributed by atoms with E-state index in [4.69, 9.17) is 4.74 Å². The maximum absolute atomic E-state index is 11.0. The van der Waals surface area contributed by atoms with Crippen LogP contribution in [0.25, 0.3) is 0 Å². The summed E-state index contributed by atoms with van der Waals surface area (Å²) in [7, 11) is 0. The molecular formula is C12H20O2. The minimum Gasteiger partial charge on any atom is -0.461 e. The number of unbranched alkanes of at least 4 members (excludes halogenated alkanes) is 3. The molecule has 0 N–H and O–H groups in total. The Bertz CT molecular complexity index is 183. The fourth-order valence-corrected chi connectivity index (χ4v) is 1.02. The molecule has 0 radical (unpaired) electrons. The topological polar surface area (TPSA) is 26.3 Å². The second-order valence-corrected chi connectivity index (χ2v) is 3.14. The van der Waals surface area contributed by atoms with E-state index in [1.54, 1.807) is 6.08 Å². The number of hydrogen-bond donors (Lipinski definition) is 0. The van der Waals surface area contributed by atoms with Crippen LogP contribution in [0.1, 0.15) is 39.0 Å². The van der Waals surface area contributed by atoms with Gasteiger partial charge in [0, 0.05) is 0 Å². The normalized spacial score (nSPS) is 10.4. The predicted molar refractivity (Wildman–Crippen MR) is 59.1 cm³/mol. The van der Waals surface area contributed by atoms with Crippen LogP contribution in [0.4, 0.5) is 0 Å². The van der Waals surface area contributed by atoms with Gasteiger partial charge in [-0.1, -0.05) is 44.6 Å². The molecule has 0 heterocycles. The summed E-state index contributed by atoms with van der Waals surface area (Å²) in [6, 6.07) is 0. The van der Waals surface area contributed by atoms with Gasteiger partial charge in [0.15, 0.2) is 0 Å². The maximum atomic E-state index is 11.0. The first-order chi connectivity index (χ1) is 6.81. The van der Waals surface area contributed by atoms with Crippen LogP contribution in [-0.4, -0.2) is 12.6 Å². The van der Waals surface area contributed by atoms with Crippen LogP contribution in [0, 0.1) is 0 Å². The summed E-state index contributed by atoms with van der Waals surface area (Å²) in [5.74, 6) is -0.184. The molecule has 0 aromatic heterocycles. The summed E-state index contributed by atoms with van der Waals surface area (Å²) in [5, 5.41) is 0. The summed E-state index contributed by atoms with van der Waals surface area (Å²) in [5.41, 5.74) is 0. The minimum atomic E-state index is -0.184. The van der Waals surface area contributed by atoms with Crippen LogP contribution in [-0.2, 0) is 9.53 Å². The highest BCUT2D eigenvalue weighted by Gasteiger charge is 1.95. The zero-order valence-electron chi connectivity index (χ0n) is 9.00. The van der Waals surface area contributed by atoms with Crippen LogP contribution in [0.3, 0.4) is 0 Å². The average Bonchev–Trinajstić information content (AvgIpc) is 2.20. The molecule has 0 saturated carbocycles. The van der Waals surface area contributed by atoms with Crippen LogP contribution in [0.2, 0.25) is 0 Å². The third kappa shape index (κ3) is 9.04. The molecule has 0 bridgehead atoms. The summed E-state index contributed by atoms with van der Waals surface area (Å²) in [6.45, 7) is 5.95. The predicted octanol–water partition coefficient (Wildman–Crippen LogP) is 3.24. The summed E-state index contributed by atoms with van der Waals surface area (Å²) < 4.78 is 4.81. The lowest BCUT2D eigenvalue weighted by Gasteiger charge is -1.97. The Kier molecular flexibility index (Phi) is 9.28. The monoisotopic (exact) mass is 196 g/mol. The Morgan fingerprint density at radius 3 is 2.79 bits per heavy atom. The van der Waals surface area contributed by atoms with Gasteiger partial charge in [0.25, 0.3) is 0 Å². The van der Waals surface area contributed by atoms with Crippen molar-refractivity contribution in [2.75, 3.05) is 6.61 Å². The second-order valence-electron chi connectivity index (χ2n) is 3.14. The van der Waals surface area contributed by atoms with Gasteiger partial charge in [0.2, 0.25) is 0 Å². The van der Waals surface area contributed by atoms with Crippen molar-refractivity contribution in [3.63, 3.8) is 0 Å². The number of carbonyl (C=O) groups excluding carboxylic acids is 1. The van der Waals surface area contributed by atoms with Crippen molar-refractivity contribution in [2.24, 2.45) is 0 Å². The van der Waals surface area contributed by atoms with Crippen molar-refractivity contribution in [3.8, 4) is 0 Å². The molecule has 0 aromatic rings. The van der Waals surface area contributed by atoms with E-state index in [1.165, 1.54) is 19.3 Å². The van der Waals surface area contributed by atoms with Crippen molar-refractivity contribution in [2.45, 2.75) is 39.0 Å². The fraction of sp³-hybridized carbons (Fsp3) is 0.583. The molecule has 0 fully saturated rings. The van der Waals surface area contributed by atoms with E-state index in [2.05, 4.69) is 13.5 Å². The Balaban J connectivity index is 3.32. The average molecular weight is 196 g/mol. The van der Waals surface area contributed by atoms with E-state index in [9.17, 15) is 4.79 Å². The van der Waals surface area contributed by atoms with Crippen molar-refractivity contribution >= 4 is 5.97 Å². The van der Waals surface area contributed by atoms with E-state index < -0.39 is 0 Å². The first kappa shape index (κ1) is 12.9. The van der Waals surface area contributed by atoms with E-state index in [-0.39, 0.29) is 5.97 Å². The van der Waals surface area contributed by atoms with E-state index in [0.717, 1.165) is 6.42 Å². The molecule has 0 aliphatic heterocycles. The van der Waals surface area contributed by atoms with Crippen molar-refractivity contribution in [3.05, 3.63) is 24.8 Å². The van der Waals surface area contributed by atoms with Crippen molar-refractivity contribution in [1.29, 1.82) is 0 Å².